The number of hydrogen-bond donors (Lipinski definition) is 1. The Morgan fingerprint density at radius 1 is 1.16 bits per heavy atom. The third-order valence-electron chi connectivity index (χ3n) is 6.71. The smallest absolute Gasteiger partial charge is 0.854 e. The number of carbonyl (C=O) groups excluding carboxylic acids is 1. The van der Waals surface area contributed by atoms with Gasteiger partial charge in [0.2, 0.25) is 0 Å². The maximum absolute atomic E-state index is 13.3. The zero-order valence-electron chi connectivity index (χ0n) is 19.2. The van der Waals surface area contributed by atoms with Gasteiger partial charge in [-0.25, -0.2) is 0 Å². The zero-order valence-corrected chi connectivity index (χ0v) is 23.1. The number of aryl methyl sites for hydroxylation is 1. The second-order valence-corrected chi connectivity index (χ2v) is 9.47. The van der Waals surface area contributed by atoms with Gasteiger partial charge < -0.3 is 15.0 Å². The molecule has 1 amide bonds. The number of amides is 1. The van der Waals surface area contributed by atoms with E-state index in [9.17, 15) is 9.90 Å². The van der Waals surface area contributed by atoms with Crippen molar-refractivity contribution in [2.45, 2.75) is 52.1 Å². The fraction of sp³-hybridized carbons (Fsp3) is 0.423. The van der Waals surface area contributed by atoms with Crippen LogP contribution in [0.15, 0.2) is 48.7 Å². The number of nitrogens with zero attached hydrogens (tertiary/aromatic N) is 1. The van der Waals surface area contributed by atoms with Crippen LogP contribution in [0.25, 0.3) is 10.9 Å². The first kappa shape index (κ1) is 26.0. The number of benzene rings is 2. The molecule has 0 saturated heterocycles. The minimum absolute atomic E-state index is 0. The SMILES string of the molecule is Cc1cc(C(=O)NC(C)C2CCC(C[O-])CC2)c2c(ccn2Cc2ccc(Cl)cc2)c1.[K+]. The van der Waals surface area contributed by atoms with Crippen LogP contribution in [0.1, 0.15) is 54.1 Å². The van der Waals surface area contributed by atoms with Gasteiger partial charge in [0.05, 0.1) is 11.1 Å². The van der Waals surface area contributed by atoms with E-state index < -0.39 is 0 Å². The second-order valence-electron chi connectivity index (χ2n) is 9.03. The molecule has 3 aromatic rings. The van der Waals surface area contributed by atoms with Gasteiger partial charge in [0, 0.05) is 29.2 Å². The summed E-state index contributed by atoms with van der Waals surface area (Å²) in [6, 6.07) is 14.1. The topological polar surface area (TPSA) is 57.1 Å². The molecule has 1 fully saturated rings. The van der Waals surface area contributed by atoms with Crippen LogP contribution in [0.5, 0.6) is 0 Å². The molecule has 1 atom stereocenters. The Balaban J connectivity index is 0.00000289. The molecule has 4 nitrogen and oxygen atoms in total. The number of aromatic nitrogens is 1. The second kappa shape index (κ2) is 11.7. The summed E-state index contributed by atoms with van der Waals surface area (Å²) in [5.41, 5.74) is 3.89. The molecule has 0 aliphatic heterocycles. The molecule has 1 aliphatic carbocycles. The fourth-order valence-electron chi connectivity index (χ4n) is 4.85. The summed E-state index contributed by atoms with van der Waals surface area (Å²) >= 11 is 6.03. The summed E-state index contributed by atoms with van der Waals surface area (Å²) in [6.45, 7) is 4.83. The molecule has 1 aromatic heterocycles. The van der Waals surface area contributed by atoms with Crippen molar-refractivity contribution in [2.75, 3.05) is 6.61 Å². The van der Waals surface area contributed by atoms with Crippen LogP contribution in [0.2, 0.25) is 5.02 Å². The van der Waals surface area contributed by atoms with E-state index in [2.05, 4.69) is 28.9 Å². The Kier molecular flexibility index (Phi) is 9.45. The monoisotopic (exact) mass is 476 g/mol. The van der Waals surface area contributed by atoms with Gasteiger partial charge in [-0.1, -0.05) is 42.5 Å². The number of rotatable bonds is 6. The van der Waals surface area contributed by atoms with Crippen LogP contribution in [0, 0.1) is 18.8 Å². The van der Waals surface area contributed by atoms with Gasteiger partial charge in [0.1, 0.15) is 0 Å². The van der Waals surface area contributed by atoms with Gasteiger partial charge in [0.25, 0.3) is 5.91 Å². The van der Waals surface area contributed by atoms with Crippen LogP contribution in [-0.2, 0) is 6.54 Å². The molecule has 32 heavy (non-hydrogen) atoms. The van der Waals surface area contributed by atoms with Crippen molar-refractivity contribution in [1.82, 2.24) is 9.88 Å². The summed E-state index contributed by atoms with van der Waals surface area (Å²) in [5, 5.41) is 16.2. The molecular formula is C26H30ClKN2O2. The van der Waals surface area contributed by atoms with Crippen molar-refractivity contribution in [1.29, 1.82) is 0 Å². The first-order chi connectivity index (χ1) is 14.9. The Hall–Kier alpha value is -0.664. The maximum atomic E-state index is 13.3. The molecule has 1 N–H and O–H groups in total. The first-order valence-corrected chi connectivity index (χ1v) is 11.6. The molecule has 4 rings (SSSR count). The van der Waals surface area contributed by atoms with E-state index in [0.717, 1.165) is 52.7 Å². The van der Waals surface area contributed by atoms with Crippen molar-refractivity contribution in [2.24, 2.45) is 11.8 Å². The Morgan fingerprint density at radius 3 is 2.50 bits per heavy atom. The van der Waals surface area contributed by atoms with Gasteiger partial charge in [0.15, 0.2) is 0 Å². The predicted octanol–water partition coefficient (Wildman–Crippen LogP) is 1.94. The number of nitrogens with one attached hydrogen (secondary N) is 1. The summed E-state index contributed by atoms with van der Waals surface area (Å²) in [5.74, 6) is 0.725. The zero-order chi connectivity index (χ0) is 22.0. The summed E-state index contributed by atoms with van der Waals surface area (Å²) in [7, 11) is 0. The van der Waals surface area contributed by atoms with Gasteiger partial charge in [-0.2, -0.15) is 0 Å². The molecule has 1 aliphatic rings. The van der Waals surface area contributed by atoms with Crippen LogP contribution in [0.3, 0.4) is 0 Å². The fourth-order valence-corrected chi connectivity index (χ4v) is 4.97. The molecule has 0 spiro atoms. The number of fused-ring (bicyclic) bond motifs is 1. The van der Waals surface area contributed by atoms with Crippen LogP contribution in [0.4, 0.5) is 0 Å². The maximum Gasteiger partial charge on any atom is 1.00 e. The Bertz CT molecular complexity index is 1060. The van der Waals surface area contributed by atoms with Crippen molar-refractivity contribution >= 4 is 28.4 Å². The molecule has 164 valence electrons. The quantitative estimate of drug-likeness (QED) is 0.553. The van der Waals surface area contributed by atoms with E-state index in [1.807, 2.05) is 43.5 Å². The average molecular weight is 477 g/mol. The van der Waals surface area contributed by atoms with Crippen LogP contribution < -0.4 is 61.8 Å². The van der Waals surface area contributed by atoms with E-state index in [4.69, 9.17) is 11.6 Å². The molecular weight excluding hydrogens is 447 g/mol. The van der Waals surface area contributed by atoms with Gasteiger partial charge in [-0.15, -0.1) is 6.61 Å². The predicted molar refractivity (Wildman–Crippen MR) is 124 cm³/mol. The normalized spacial score (nSPS) is 19.4. The minimum Gasteiger partial charge on any atom is -0.854 e. The molecule has 0 radical (unpaired) electrons. The van der Waals surface area contributed by atoms with E-state index in [0.29, 0.717) is 23.9 Å². The molecule has 2 aromatic carbocycles. The van der Waals surface area contributed by atoms with Crippen molar-refractivity contribution < 1.29 is 61.3 Å². The third kappa shape index (κ3) is 6.06. The number of hydrogen-bond acceptors (Lipinski definition) is 2. The number of carbonyl (C=O) groups is 1. The summed E-state index contributed by atoms with van der Waals surface area (Å²) in [6.07, 6.45) is 6.04. The first-order valence-electron chi connectivity index (χ1n) is 11.2. The summed E-state index contributed by atoms with van der Waals surface area (Å²) in [4.78, 5) is 13.3. The van der Waals surface area contributed by atoms with E-state index >= 15 is 0 Å². The standard InChI is InChI=1S/C26H30ClN2O2.K/c1-17-13-22-11-12-29(15-19-5-9-23(27)10-6-19)25(22)24(14-17)26(31)28-18(2)21-7-3-20(16-30)4-8-21;/h5-6,9-14,18,20-21H,3-4,7-8,15-16H2,1-2H3,(H,28,31);/q-1;+1. The van der Waals surface area contributed by atoms with Gasteiger partial charge >= 0.3 is 51.4 Å². The van der Waals surface area contributed by atoms with Crippen molar-refractivity contribution in [3.05, 3.63) is 70.4 Å². The summed E-state index contributed by atoms with van der Waals surface area (Å²) < 4.78 is 2.14. The van der Waals surface area contributed by atoms with Crippen LogP contribution in [-0.4, -0.2) is 23.1 Å². The molecule has 1 saturated carbocycles. The van der Waals surface area contributed by atoms with Gasteiger partial charge in [-0.05, 0) is 74.1 Å². The molecule has 1 heterocycles. The molecule has 1 unspecified atom stereocenters. The Labute approximate surface area is 238 Å². The van der Waals surface area contributed by atoms with Gasteiger partial charge in [-0.3, -0.25) is 4.79 Å². The van der Waals surface area contributed by atoms with E-state index in [-0.39, 0.29) is 69.9 Å². The van der Waals surface area contributed by atoms with Crippen LogP contribution >= 0.6 is 11.6 Å². The van der Waals surface area contributed by atoms with E-state index in [1.165, 1.54) is 0 Å². The molecule has 6 heteroatoms. The minimum atomic E-state index is -0.0248. The Morgan fingerprint density at radius 2 is 1.84 bits per heavy atom. The molecule has 0 bridgehead atoms. The largest absolute Gasteiger partial charge is 1.00 e. The van der Waals surface area contributed by atoms with Crippen molar-refractivity contribution in [3.63, 3.8) is 0 Å². The van der Waals surface area contributed by atoms with E-state index in [1.54, 1.807) is 0 Å². The third-order valence-corrected chi connectivity index (χ3v) is 6.96. The average Bonchev–Trinajstić information content (AvgIpc) is 3.17. The van der Waals surface area contributed by atoms with Crippen molar-refractivity contribution in [3.8, 4) is 0 Å². The number of halogens is 1.